The lowest BCUT2D eigenvalue weighted by Crippen LogP contribution is -2.30. The largest absolute Gasteiger partial charge is 0.350 e. The molecule has 0 unspecified atom stereocenters. The highest BCUT2D eigenvalue weighted by molar-refractivity contribution is 6.14. The van der Waals surface area contributed by atoms with E-state index in [1.165, 1.54) is 4.90 Å². The molecule has 1 saturated heterocycles. The van der Waals surface area contributed by atoms with Gasteiger partial charge < -0.3 is 9.88 Å². The average molecular weight is 345 g/mol. The zero-order chi connectivity index (χ0) is 18.3. The monoisotopic (exact) mass is 345 g/mol. The summed E-state index contributed by atoms with van der Waals surface area (Å²) in [5.74, 6) is -0.301. The summed E-state index contributed by atoms with van der Waals surface area (Å²) in [6.45, 7) is 2.25. The molecule has 0 atom stereocenters. The Morgan fingerprint density at radius 2 is 1.88 bits per heavy atom. The number of rotatable bonds is 3. The number of benzene rings is 2. The number of hydrogen-bond donors (Lipinski definition) is 1. The zero-order valence-corrected chi connectivity index (χ0v) is 14.7. The maximum atomic E-state index is 12.7. The second-order valence-electron chi connectivity index (χ2n) is 6.58. The zero-order valence-electron chi connectivity index (χ0n) is 14.7. The Bertz CT molecular complexity index is 1060. The lowest BCUT2D eigenvalue weighted by molar-refractivity contribution is -0.123. The molecule has 5 nitrogen and oxygen atoms in total. The van der Waals surface area contributed by atoms with E-state index < -0.39 is 0 Å². The number of hydrogen-bond acceptors (Lipinski definition) is 2. The second-order valence-corrected chi connectivity index (χ2v) is 6.58. The fourth-order valence-electron chi connectivity index (χ4n) is 3.35. The third kappa shape index (κ3) is 2.77. The van der Waals surface area contributed by atoms with Crippen molar-refractivity contribution in [3.63, 3.8) is 0 Å². The van der Waals surface area contributed by atoms with Crippen LogP contribution in [-0.2, 0) is 18.4 Å². The quantitative estimate of drug-likeness (QED) is 0.583. The highest BCUT2D eigenvalue weighted by Crippen LogP contribution is 2.24. The molecule has 1 aliphatic heterocycles. The Morgan fingerprint density at radius 3 is 2.69 bits per heavy atom. The number of nitrogens with zero attached hydrogens (tertiary/aromatic N) is 2. The molecule has 1 N–H and O–H groups in total. The van der Waals surface area contributed by atoms with E-state index in [4.69, 9.17) is 0 Å². The van der Waals surface area contributed by atoms with Crippen LogP contribution in [0.2, 0.25) is 0 Å². The van der Waals surface area contributed by atoms with Crippen LogP contribution in [-0.4, -0.2) is 21.4 Å². The number of aromatic nitrogens is 1. The smallest absolute Gasteiger partial charge is 0.329 e. The van der Waals surface area contributed by atoms with Crippen molar-refractivity contribution in [3.05, 3.63) is 77.1 Å². The van der Waals surface area contributed by atoms with Gasteiger partial charge >= 0.3 is 6.03 Å². The molecule has 4 rings (SSSR count). The minimum atomic E-state index is -0.386. The van der Waals surface area contributed by atoms with Gasteiger partial charge in [-0.2, -0.15) is 0 Å². The van der Waals surface area contributed by atoms with Gasteiger partial charge in [0.1, 0.15) is 5.70 Å². The van der Waals surface area contributed by atoms with Crippen LogP contribution < -0.4 is 5.32 Å². The Labute approximate surface area is 151 Å². The fourth-order valence-corrected chi connectivity index (χ4v) is 3.35. The third-order valence-electron chi connectivity index (χ3n) is 4.61. The normalized spacial score (nSPS) is 15.9. The molecule has 3 aromatic rings. The number of amides is 3. The fraction of sp³-hybridized carbons (Fsp3) is 0.143. The summed E-state index contributed by atoms with van der Waals surface area (Å²) in [5, 5.41) is 3.74. The number of carbonyl (C=O) groups excluding carboxylic acids is 2. The molecule has 0 radical (unpaired) electrons. The van der Waals surface area contributed by atoms with Crippen molar-refractivity contribution in [2.75, 3.05) is 0 Å². The van der Waals surface area contributed by atoms with Gasteiger partial charge in [0.25, 0.3) is 5.91 Å². The molecule has 0 aliphatic carbocycles. The van der Waals surface area contributed by atoms with E-state index in [-0.39, 0.29) is 18.5 Å². The van der Waals surface area contributed by atoms with Crippen molar-refractivity contribution in [1.82, 2.24) is 14.8 Å². The van der Waals surface area contributed by atoms with Crippen LogP contribution in [0.5, 0.6) is 0 Å². The van der Waals surface area contributed by atoms with Gasteiger partial charge in [0.05, 0.1) is 6.54 Å². The van der Waals surface area contributed by atoms with Crippen molar-refractivity contribution in [2.24, 2.45) is 7.05 Å². The van der Waals surface area contributed by atoms with Crippen LogP contribution in [0.1, 0.15) is 16.7 Å². The molecule has 1 aromatic heterocycles. The van der Waals surface area contributed by atoms with Crippen LogP contribution in [0.15, 0.2) is 60.4 Å². The molecule has 26 heavy (non-hydrogen) atoms. The topological polar surface area (TPSA) is 54.3 Å². The van der Waals surface area contributed by atoms with Gasteiger partial charge in [0.15, 0.2) is 0 Å². The molecular weight excluding hydrogens is 326 g/mol. The van der Waals surface area contributed by atoms with Gasteiger partial charge in [0.2, 0.25) is 0 Å². The minimum Gasteiger partial charge on any atom is -0.350 e. The Morgan fingerprint density at radius 1 is 1.08 bits per heavy atom. The van der Waals surface area contributed by atoms with Crippen molar-refractivity contribution >= 4 is 28.9 Å². The Balaban J connectivity index is 1.65. The van der Waals surface area contributed by atoms with Crippen molar-refractivity contribution in [3.8, 4) is 0 Å². The Hall–Kier alpha value is -3.34. The maximum absolute atomic E-state index is 12.7. The maximum Gasteiger partial charge on any atom is 0.329 e. The standard InChI is InChI=1S/C21H19N3O2/c1-14-6-5-7-15(10-14)12-24-20(25)18(22-21(24)26)11-16-13-23(2)19-9-4-3-8-17(16)19/h3-11,13H,12H2,1-2H3,(H,22,26)/b18-11-. The van der Waals surface area contributed by atoms with Gasteiger partial charge in [-0.15, -0.1) is 0 Å². The van der Waals surface area contributed by atoms with Crippen LogP contribution in [0.3, 0.4) is 0 Å². The van der Waals surface area contributed by atoms with E-state index in [0.717, 1.165) is 27.6 Å². The second kappa shape index (κ2) is 6.19. The first-order valence-corrected chi connectivity index (χ1v) is 8.47. The number of para-hydroxylation sites is 1. The van der Waals surface area contributed by atoms with Crippen LogP contribution >= 0.6 is 0 Å². The molecule has 0 saturated carbocycles. The lowest BCUT2D eigenvalue weighted by atomic mass is 10.1. The molecule has 2 aromatic carbocycles. The summed E-state index contributed by atoms with van der Waals surface area (Å²) in [7, 11) is 1.96. The van der Waals surface area contributed by atoms with E-state index in [1.807, 2.05) is 73.3 Å². The third-order valence-corrected chi connectivity index (χ3v) is 4.61. The average Bonchev–Trinajstić information content (AvgIpc) is 3.07. The molecule has 2 heterocycles. The van der Waals surface area contributed by atoms with Crippen LogP contribution in [0.25, 0.3) is 17.0 Å². The molecular formula is C21H19N3O2. The first-order chi connectivity index (χ1) is 12.5. The molecule has 3 amide bonds. The molecule has 1 aliphatic rings. The van der Waals surface area contributed by atoms with Gasteiger partial charge in [0, 0.05) is 29.7 Å². The summed E-state index contributed by atoms with van der Waals surface area (Å²) in [6.07, 6.45) is 3.71. The predicted octanol–water partition coefficient (Wildman–Crippen LogP) is 3.58. The number of aryl methyl sites for hydroxylation is 2. The summed E-state index contributed by atoms with van der Waals surface area (Å²) in [4.78, 5) is 26.3. The number of urea groups is 1. The molecule has 0 spiro atoms. The van der Waals surface area contributed by atoms with Crippen LogP contribution in [0, 0.1) is 6.92 Å². The number of nitrogens with one attached hydrogen (secondary N) is 1. The SMILES string of the molecule is Cc1cccc(CN2C(=O)N/C(=C\c3cn(C)c4ccccc34)C2=O)c1. The highest BCUT2D eigenvalue weighted by atomic mass is 16.2. The molecule has 0 bridgehead atoms. The number of fused-ring (bicyclic) bond motifs is 1. The molecule has 130 valence electrons. The number of imide groups is 1. The lowest BCUT2D eigenvalue weighted by Gasteiger charge is -2.12. The van der Waals surface area contributed by atoms with E-state index >= 15 is 0 Å². The summed E-state index contributed by atoms with van der Waals surface area (Å²) >= 11 is 0. The summed E-state index contributed by atoms with van der Waals surface area (Å²) < 4.78 is 2.01. The summed E-state index contributed by atoms with van der Waals surface area (Å²) in [6, 6.07) is 15.4. The highest BCUT2D eigenvalue weighted by Gasteiger charge is 2.33. The first kappa shape index (κ1) is 16.1. The van der Waals surface area contributed by atoms with Crippen molar-refractivity contribution in [1.29, 1.82) is 0 Å². The molecule has 5 heteroatoms. The van der Waals surface area contributed by atoms with Crippen molar-refractivity contribution < 1.29 is 9.59 Å². The van der Waals surface area contributed by atoms with E-state index in [0.29, 0.717) is 5.70 Å². The molecule has 1 fully saturated rings. The number of carbonyl (C=O) groups is 2. The van der Waals surface area contributed by atoms with E-state index in [1.54, 1.807) is 6.08 Å². The summed E-state index contributed by atoms with van der Waals surface area (Å²) in [5.41, 5.74) is 4.32. The van der Waals surface area contributed by atoms with Gasteiger partial charge in [-0.1, -0.05) is 48.0 Å². The van der Waals surface area contributed by atoms with Gasteiger partial charge in [-0.3, -0.25) is 9.69 Å². The van der Waals surface area contributed by atoms with Crippen molar-refractivity contribution in [2.45, 2.75) is 13.5 Å². The Kier molecular flexibility index (Phi) is 3.84. The van der Waals surface area contributed by atoms with Gasteiger partial charge in [-0.05, 0) is 24.6 Å². The predicted molar refractivity (Wildman–Crippen MR) is 101 cm³/mol. The van der Waals surface area contributed by atoms with E-state index in [9.17, 15) is 9.59 Å². The van der Waals surface area contributed by atoms with E-state index in [2.05, 4.69) is 5.32 Å². The van der Waals surface area contributed by atoms with Crippen LogP contribution in [0.4, 0.5) is 4.79 Å². The minimum absolute atomic E-state index is 0.263. The first-order valence-electron chi connectivity index (χ1n) is 8.47. The van der Waals surface area contributed by atoms with Gasteiger partial charge in [-0.25, -0.2) is 4.79 Å².